The Balaban J connectivity index is 1.73. The zero-order valence-corrected chi connectivity index (χ0v) is 16.8. The number of halogens is 3. The fourth-order valence-electron chi connectivity index (χ4n) is 2.72. The molecule has 160 valence electrons. The summed E-state index contributed by atoms with van der Waals surface area (Å²) >= 11 is 0. The van der Waals surface area contributed by atoms with Crippen molar-refractivity contribution in [2.45, 2.75) is 39.9 Å². The zero-order chi connectivity index (χ0) is 21.9. The second-order valence-electron chi connectivity index (χ2n) is 7.22. The summed E-state index contributed by atoms with van der Waals surface area (Å²) in [4.78, 5) is 20.5. The summed E-state index contributed by atoms with van der Waals surface area (Å²) in [6, 6.07) is 3.49. The van der Waals surface area contributed by atoms with E-state index >= 15 is 0 Å². The Bertz CT molecular complexity index is 1050. The molecule has 0 saturated heterocycles. The maximum absolute atomic E-state index is 12.3. The van der Waals surface area contributed by atoms with Crippen molar-refractivity contribution >= 4 is 22.6 Å². The van der Waals surface area contributed by atoms with Crippen LogP contribution in [0.1, 0.15) is 31.5 Å². The third-order valence-electron chi connectivity index (χ3n) is 4.33. The maximum atomic E-state index is 12.3. The SMILES string of the molecule is Cc1cc(Cn2cc3c(NC(=O)C(C)C)nccc3n2)ncc1OCCC(F)(F)F. The van der Waals surface area contributed by atoms with E-state index in [0.29, 0.717) is 40.3 Å². The highest BCUT2D eigenvalue weighted by Crippen LogP contribution is 2.23. The minimum Gasteiger partial charge on any atom is -0.491 e. The molecule has 0 aliphatic heterocycles. The van der Waals surface area contributed by atoms with Crippen LogP contribution in [0.5, 0.6) is 5.75 Å². The lowest BCUT2D eigenvalue weighted by Gasteiger charge is -2.11. The van der Waals surface area contributed by atoms with E-state index in [0.717, 1.165) is 0 Å². The molecular weight excluding hydrogens is 399 g/mol. The van der Waals surface area contributed by atoms with Gasteiger partial charge in [0.1, 0.15) is 11.6 Å². The number of ether oxygens (including phenoxy) is 1. The fourth-order valence-corrected chi connectivity index (χ4v) is 2.72. The van der Waals surface area contributed by atoms with Crippen molar-refractivity contribution in [3.63, 3.8) is 0 Å². The number of carbonyl (C=O) groups excluding carboxylic acids is 1. The van der Waals surface area contributed by atoms with E-state index in [1.165, 1.54) is 6.20 Å². The number of nitrogens with zero attached hydrogens (tertiary/aromatic N) is 4. The predicted molar refractivity (Wildman–Crippen MR) is 105 cm³/mol. The number of rotatable bonds is 7. The lowest BCUT2D eigenvalue weighted by Crippen LogP contribution is -2.18. The van der Waals surface area contributed by atoms with Crippen LogP contribution >= 0.6 is 0 Å². The van der Waals surface area contributed by atoms with E-state index < -0.39 is 19.2 Å². The van der Waals surface area contributed by atoms with Crippen LogP contribution in [-0.4, -0.2) is 38.4 Å². The van der Waals surface area contributed by atoms with Gasteiger partial charge < -0.3 is 10.1 Å². The van der Waals surface area contributed by atoms with Gasteiger partial charge in [-0.05, 0) is 24.6 Å². The third kappa shape index (κ3) is 5.46. The molecule has 0 unspecified atom stereocenters. The number of hydrogen-bond acceptors (Lipinski definition) is 5. The molecular formula is C20H22F3N5O2. The van der Waals surface area contributed by atoms with Crippen molar-refractivity contribution in [3.8, 4) is 5.75 Å². The summed E-state index contributed by atoms with van der Waals surface area (Å²) in [5.41, 5.74) is 2.03. The van der Waals surface area contributed by atoms with Crippen molar-refractivity contribution in [2.24, 2.45) is 5.92 Å². The van der Waals surface area contributed by atoms with Gasteiger partial charge in [-0.25, -0.2) is 4.98 Å². The van der Waals surface area contributed by atoms with Gasteiger partial charge in [-0.2, -0.15) is 18.3 Å². The quantitative estimate of drug-likeness (QED) is 0.621. The topological polar surface area (TPSA) is 81.9 Å². The summed E-state index contributed by atoms with van der Waals surface area (Å²) in [7, 11) is 0. The van der Waals surface area contributed by atoms with Gasteiger partial charge in [0, 0.05) is 18.3 Å². The summed E-state index contributed by atoms with van der Waals surface area (Å²) in [5.74, 6) is 0.439. The van der Waals surface area contributed by atoms with Gasteiger partial charge >= 0.3 is 6.18 Å². The first-order valence-corrected chi connectivity index (χ1v) is 9.40. The Kier molecular flexibility index (Phi) is 6.23. The molecule has 10 heteroatoms. The highest BCUT2D eigenvalue weighted by molar-refractivity contribution is 5.99. The molecule has 30 heavy (non-hydrogen) atoms. The molecule has 3 rings (SSSR count). The molecule has 0 saturated carbocycles. The molecule has 0 bridgehead atoms. The maximum Gasteiger partial charge on any atom is 0.392 e. The molecule has 3 aromatic rings. The van der Waals surface area contributed by atoms with E-state index in [1.807, 2.05) is 0 Å². The first kappa shape index (κ1) is 21.5. The molecule has 0 aliphatic carbocycles. The molecule has 0 atom stereocenters. The number of nitrogens with one attached hydrogen (secondary N) is 1. The van der Waals surface area contributed by atoms with Crippen molar-refractivity contribution in [1.82, 2.24) is 19.7 Å². The summed E-state index contributed by atoms with van der Waals surface area (Å²) in [6.45, 7) is 5.23. The highest BCUT2D eigenvalue weighted by Gasteiger charge is 2.27. The van der Waals surface area contributed by atoms with E-state index in [-0.39, 0.29) is 11.8 Å². The Morgan fingerprint density at radius 2 is 2.07 bits per heavy atom. The van der Waals surface area contributed by atoms with Gasteiger partial charge in [0.05, 0.1) is 42.4 Å². The molecule has 1 N–H and O–H groups in total. The van der Waals surface area contributed by atoms with E-state index in [2.05, 4.69) is 20.4 Å². The van der Waals surface area contributed by atoms with Gasteiger partial charge in [-0.1, -0.05) is 13.8 Å². The number of carbonyl (C=O) groups is 1. The highest BCUT2D eigenvalue weighted by atomic mass is 19.4. The van der Waals surface area contributed by atoms with Crippen LogP contribution in [0.25, 0.3) is 10.9 Å². The second kappa shape index (κ2) is 8.68. The molecule has 0 fully saturated rings. The number of hydrogen-bond donors (Lipinski definition) is 1. The molecule has 0 aliphatic rings. The number of alkyl halides is 3. The van der Waals surface area contributed by atoms with Crippen molar-refractivity contribution in [2.75, 3.05) is 11.9 Å². The van der Waals surface area contributed by atoms with Crippen LogP contribution in [0.3, 0.4) is 0 Å². The standard InChI is InChI=1S/C20H22F3N5O2/c1-12(2)19(29)26-18-15-11-28(27-16(15)4-6-24-18)10-14-8-13(3)17(9-25-14)30-7-5-20(21,22)23/h4,6,8-9,11-12H,5,7,10H2,1-3H3,(H,24,26,29). The van der Waals surface area contributed by atoms with Gasteiger partial charge in [0.25, 0.3) is 0 Å². The largest absolute Gasteiger partial charge is 0.491 e. The molecule has 7 nitrogen and oxygen atoms in total. The minimum absolute atomic E-state index is 0.138. The van der Waals surface area contributed by atoms with Gasteiger partial charge in [0.2, 0.25) is 5.91 Å². The Hall–Kier alpha value is -3.17. The first-order chi connectivity index (χ1) is 14.1. The molecule has 3 heterocycles. The van der Waals surface area contributed by atoms with Crippen molar-refractivity contribution < 1.29 is 22.7 Å². The lowest BCUT2D eigenvalue weighted by atomic mass is 10.2. The zero-order valence-electron chi connectivity index (χ0n) is 16.8. The Morgan fingerprint density at radius 3 is 2.73 bits per heavy atom. The van der Waals surface area contributed by atoms with Crippen LogP contribution in [0.15, 0.2) is 30.7 Å². The normalized spacial score (nSPS) is 11.8. The number of aryl methyl sites for hydroxylation is 1. The second-order valence-corrected chi connectivity index (χ2v) is 7.22. The molecule has 1 amide bonds. The molecule has 0 aromatic carbocycles. The molecule has 3 aromatic heterocycles. The average molecular weight is 421 g/mol. The lowest BCUT2D eigenvalue weighted by molar-refractivity contribution is -0.139. The molecule has 0 radical (unpaired) electrons. The average Bonchev–Trinajstić information content (AvgIpc) is 3.06. The number of amides is 1. The van der Waals surface area contributed by atoms with Gasteiger partial charge in [-0.15, -0.1) is 0 Å². The van der Waals surface area contributed by atoms with E-state index in [1.54, 1.807) is 50.0 Å². The number of fused-ring (bicyclic) bond motifs is 1. The van der Waals surface area contributed by atoms with Gasteiger partial charge in [-0.3, -0.25) is 14.5 Å². The van der Waals surface area contributed by atoms with Crippen LogP contribution in [0.2, 0.25) is 0 Å². The Labute approximate surface area is 171 Å². The van der Waals surface area contributed by atoms with Crippen LogP contribution in [0, 0.1) is 12.8 Å². The van der Waals surface area contributed by atoms with E-state index in [4.69, 9.17) is 4.74 Å². The summed E-state index contributed by atoms with van der Waals surface area (Å²) in [6.07, 6.45) is -0.516. The van der Waals surface area contributed by atoms with Crippen LogP contribution in [-0.2, 0) is 11.3 Å². The minimum atomic E-state index is -4.26. The molecule has 0 spiro atoms. The van der Waals surface area contributed by atoms with Crippen LogP contribution in [0.4, 0.5) is 19.0 Å². The fraction of sp³-hybridized carbons (Fsp3) is 0.400. The predicted octanol–water partition coefficient (Wildman–Crippen LogP) is 4.11. The summed E-state index contributed by atoms with van der Waals surface area (Å²) in [5, 5.41) is 7.98. The third-order valence-corrected chi connectivity index (χ3v) is 4.33. The van der Waals surface area contributed by atoms with Crippen LogP contribution < -0.4 is 10.1 Å². The first-order valence-electron chi connectivity index (χ1n) is 9.40. The summed E-state index contributed by atoms with van der Waals surface area (Å²) < 4.78 is 43.6. The monoisotopic (exact) mass is 421 g/mol. The number of anilines is 1. The van der Waals surface area contributed by atoms with Crippen molar-refractivity contribution in [1.29, 1.82) is 0 Å². The van der Waals surface area contributed by atoms with E-state index in [9.17, 15) is 18.0 Å². The van der Waals surface area contributed by atoms with Gasteiger partial charge in [0.15, 0.2) is 0 Å². The number of pyridine rings is 2. The Morgan fingerprint density at radius 1 is 1.30 bits per heavy atom. The smallest absolute Gasteiger partial charge is 0.392 e. The number of aromatic nitrogens is 4. The van der Waals surface area contributed by atoms with Crippen molar-refractivity contribution in [3.05, 3.63) is 42.0 Å².